The lowest BCUT2D eigenvalue weighted by Crippen LogP contribution is -2.71. The van der Waals surface area contributed by atoms with E-state index in [0.29, 0.717) is 13.1 Å². The van der Waals surface area contributed by atoms with Crippen LogP contribution in [0.25, 0.3) is 0 Å². The molecule has 5 heteroatoms. The zero-order chi connectivity index (χ0) is 10.9. The van der Waals surface area contributed by atoms with Crippen LogP contribution in [0.5, 0.6) is 0 Å². The molecule has 0 bridgehead atoms. The fourth-order valence-electron chi connectivity index (χ4n) is 2.47. The lowest BCUT2D eigenvalue weighted by Gasteiger charge is -2.52. The molecule has 86 valence electrons. The van der Waals surface area contributed by atoms with Crippen molar-refractivity contribution in [2.24, 2.45) is 5.41 Å². The average molecular weight is 231 g/mol. The molecule has 2 rings (SSSR count). The third-order valence-electron chi connectivity index (χ3n) is 3.65. The topological polar surface area (TPSA) is 58.6 Å². The molecule has 2 N–H and O–H groups in total. The van der Waals surface area contributed by atoms with Gasteiger partial charge in [-0.3, -0.25) is 4.79 Å². The van der Waals surface area contributed by atoms with Crippen molar-refractivity contribution in [3.8, 4) is 0 Å². The van der Waals surface area contributed by atoms with Crippen LogP contribution >= 0.6 is 11.8 Å². The first-order valence-corrected chi connectivity index (χ1v) is 6.39. The highest BCUT2D eigenvalue weighted by atomic mass is 32.2. The highest BCUT2D eigenvalue weighted by Gasteiger charge is 2.59. The van der Waals surface area contributed by atoms with Crippen LogP contribution in [-0.4, -0.2) is 48.4 Å². The van der Waals surface area contributed by atoms with Gasteiger partial charge < -0.3 is 15.2 Å². The molecule has 0 atom stereocenters. The molecule has 0 spiro atoms. The zero-order valence-corrected chi connectivity index (χ0v) is 9.73. The summed E-state index contributed by atoms with van der Waals surface area (Å²) < 4.78 is 4.88. The first kappa shape index (κ1) is 11.2. The van der Waals surface area contributed by atoms with Gasteiger partial charge in [0.2, 0.25) is 0 Å². The Morgan fingerprint density at radius 1 is 1.40 bits per heavy atom. The third-order valence-corrected chi connectivity index (χ3v) is 4.63. The van der Waals surface area contributed by atoms with Crippen molar-refractivity contribution >= 4 is 17.7 Å². The first-order valence-electron chi connectivity index (χ1n) is 5.24. The minimum atomic E-state index is -0.888. The molecular weight excluding hydrogens is 214 g/mol. The van der Waals surface area contributed by atoms with Crippen molar-refractivity contribution in [3.05, 3.63) is 0 Å². The number of nitrogens with one attached hydrogen (secondary N) is 1. The Morgan fingerprint density at radius 3 is 2.40 bits per heavy atom. The number of hydrogen-bond acceptors (Lipinski definition) is 5. The van der Waals surface area contributed by atoms with E-state index in [1.807, 2.05) is 11.8 Å². The van der Waals surface area contributed by atoms with E-state index < -0.39 is 11.0 Å². The lowest BCUT2D eigenvalue weighted by molar-refractivity contribution is -0.183. The summed E-state index contributed by atoms with van der Waals surface area (Å²) in [5.74, 6) is 1.61. The molecule has 0 amide bonds. The maximum atomic E-state index is 11.9. The second-order valence-corrected chi connectivity index (χ2v) is 5.55. The molecule has 4 nitrogen and oxygen atoms in total. The van der Waals surface area contributed by atoms with E-state index in [-0.39, 0.29) is 5.97 Å². The molecule has 2 saturated heterocycles. The van der Waals surface area contributed by atoms with E-state index in [4.69, 9.17) is 4.74 Å². The second-order valence-electron chi connectivity index (χ2n) is 4.32. The van der Waals surface area contributed by atoms with E-state index in [1.54, 1.807) is 0 Å². The summed E-state index contributed by atoms with van der Waals surface area (Å²) in [7, 11) is 1.40. The van der Waals surface area contributed by atoms with Crippen LogP contribution in [0.1, 0.15) is 12.8 Å². The highest BCUT2D eigenvalue weighted by molar-refractivity contribution is 7.99. The van der Waals surface area contributed by atoms with E-state index >= 15 is 0 Å². The minimum Gasteiger partial charge on any atom is -0.469 e. The van der Waals surface area contributed by atoms with Crippen molar-refractivity contribution in [2.45, 2.75) is 18.4 Å². The summed E-state index contributed by atoms with van der Waals surface area (Å²) in [6, 6.07) is 0. The van der Waals surface area contributed by atoms with Crippen molar-refractivity contribution in [1.82, 2.24) is 5.32 Å². The van der Waals surface area contributed by atoms with Crippen LogP contribution in [-0.2, 0) is 9.53 Å². The molecule has 0 unspecified atom stereocenters. The van der Waals surface area contributed by atoms with Crippen molar-refractivity contribution < 1.29 is 14.6 Å². The fraction of sp³-hybridized carbons (Fsp3) is 0.900. The number of carbonyl (C=O) groups excluding carboxylic acids is 1. The Balaban J connectivity index is 2.25. The fourth-order valence-corrected chi connectivity index (χ4v) is 3.66. The molecule has 2 aliphatic rings. The van der Waals surface area contributed by atoms with Crippen molar-refractivity contribution in [3.63, 3.8) is 0 Å². The molecule has 0 aliphatic carbocycles. The number of ether oxygens (including phenoxy) is 1. The molecular formula is C10H17NO3S. The van der Waals surface area contributed by atoms with Gasteiger partial charge in [-0.2, -0.15) is 11.8 Å². The minimum absolute atomic E-state index is 0.244. The molecule has 15 heavy (non-hydrogen) atoms. The standard InChI is InChI=1S/C10H17NO3S/c1-14-8(12)9(2-4-15-5-3-9)10(13)6-11-7-10/h11,13H,2-7H2,1H3. The first-order chi connectivity index (χ1) is 7.15. The summed E-state index contributed by atoms with van der Waals surface area (Å²) in [5, 5.41) is 13.5. The number of aliphatic hydroxyl groups is 1. The van der Waals surface area contributed by atoms with Crippen LogP contribution in [0.15, 0.2) is 0 Å². The number of carbonyl (C=O) groups is 1. The normalized spacial score (nSPS) is 27.9. The van der Waals surface area contributed by atoms with E-state index in [1.165, 1.54) is 7.11 Å². The molecule has 0 aromatic carbocycles. The SMILES string of the molecule is COC(=O)C1(C2(O)CNC2)CCSCC1. The van der Waals surface area contributed by atoms with Gasteiger partial charge in [0.25, 0.3) is 0 Å². The predicted molar refractivity (Wildman–Crippen MR) is 58.8 cm³/mol. The smallest absolute Gasteiger partial charge is 0.314 e. The number of methoxy groups -OCH3 is 1. The van der Waals surface area contributed by atoms with Gasteiger partial charge in [0.05, 0.1) is 7.11 Å². The molecule has 0 aromatic rings. The van der Waals surface area contributed by atoms with E-state index in [9.17, 15) is 9.90 Å². The largest absolute Gasteiger partial charge is 0.469 e. The van der Waals surface area contributed by atoms with Gasteiger partial charge >= 0.3 is 5.97 Å². The Bertz CT molecular complexity index is 259. The Hall–Kier alpha value is -0.260. The highest BCUT2D eigenvalue weighted by Crippen LogP contribution is 2.46. The van der Waals surface area contributed by atoms with E-state index in [2.05, 4.69) is 5.32 Å². The predicted octanol–water partition coefficient (Wildman–Crippen LogP) is 0.00710. The van der Waals surface area contributed by atoms with Crippen molar-refractivity contribution in [1.29, 1.82) is 0 Å². The molecule has 0 radical (unpaired) electrons. The van der Waals surface area contributed by atoms with Gasteiger partial charge in [0.1, 0.15) is 11.0 Å². The maximum absolute atomic E-state index is 11.9. The Kier molecular flexibility index (Phi) is 2.96. The molecule has 2 heterocycles. The van der Waals surface area contributed by atoms with Crippen LogP contribution in [0.3, 0.4) is 0 Å². The Labute approximate surface area is 93.8 Å². The number of rotatable bonds is 2. The summed E-state index contributed by atoms with van der Waals surface area (Å²) in [4.78, 5) is 11.9. The maximum Gasteiger partial charge on any atom is 0.314 e. The van der Waals surface area contributed by atoms with Gasteiger partial charge in [-0.25, -0.2) is 0 Å². The summed E-state index contributed by atoms with van der Waals surface area (Å²) >= 11 is 1.84. The van der Waals surface area contributed by atoms with Crippen LogP contribution in [0, 0.1) is 5.41 Å². The average Bonchev–Trinajstić information content (AvgIpc) is 2.25. The third kappa shape index (κ3) is 1.57. The van der Waals surface area contributed by atoms with Gasteiger partial charge in [0, 0.05) is 13.1 Å². The molecule has 0 saturated carbocycles. The van der Waals surface area contributed by atoms with Crippen LogP contribution in [0.2, 0.25) is 0 Å². The van der Waals surface area contributed by atoms with Crippen molar-refractivity contribution in [2.75, 3.05) is 31.7 Å². The lowest BCUT2D eigenvalue weighted by atomic mass is 9.64. The molecule has 2 aliphatic heterocycles. The molecule has 0 aromatic heterocycles. The van der Waals surface area contributed by atoms with Gasteiger partial charge in [-0.15, -0.1) is 0 Å². The number of thioether (sulfide) groups is 1. The zero-order valence-electron chi connectivity index (χ0n) is 8.91. The Morgan fingerprint density at radius 2 is 2.00 bits per heavy atom. The van der Waals surface area contributed by atoms with Gasteiger partial charge in [-0.05, 0) is 24.3 Å². The number of hydrogen-bond donors (Lipinski definition) is 2. The van der Waals surface area contributed by atoms with Crippen LogP contribution < -0.4 is 5.32 Å². The molecule has 2 fully saturated rings. The number of esters is 1. The number of β-amino-alcohol motifs (C(OH)–C–C–N with tert-alkyl or cyclic N) is 1. The monoisotopic (exact) mass is 231 g/mol. The summed E-state index contributed by atoms with van der Waals surface area (Å²) in [6.45, 7) is 1.01. The van der Waals surface area contributed by atoms with E-state index in [0.717, 1.165) is 24.3 Å². The summed E-state index contributed by atoms with van der Waals surface area (Å²) in [6.07, 6.45) is 1.45. The van der Waals surface area contributed by atoms with Gasteiger partial charge in [-0.1, -0.05) is 0 Å². The quantitative estimate of drug-likeness (QED) is 0.656. The van der Waals surface area contributed by atoms with Gasteiger partial charge in [0.15, 0.2) is 0 Å². The summed E-state index contributed by atoms with van der Waals surface area (Å²) in [5.41, 5.74) is -1.56. The van der Waals surface area contributed by atoms with Crippen LogP contribution in [0.4, 0.5) is 0 Å². The second kappa shape index (κ2) is 3.96.